The molecular formula is C56H36N6O. The first-order valence-corrected chi connectivity index (χ1v) is 21.2. The number of hydrogen-bond acceptors (Lipinski definition) is 5. The Morgan fingerprint density at radius 1 is 0.460 bits per heavy atom. The van der Waals surface area contributed by atoms with E-state index in [4.69, 9.17) is 19.4 Å². The lowest BCUT2D eigenvalue weighted by molar-refractivity contribution is 0.668. The maximum atomic E-state index is 6.55. The number of amidine groups is 1. The lowest BCUT2D eigenvalue weighted by atomic mass is 9.96. The van der Waals surface area contributed by atoms with Crippen LogP contribution in [0.15, 0.2) is 221 Å². The average molecular weight is 809 g/mol. The van der Waals surface area contributed by atoms with Crippen molar-refractivity contribution in [3.8, 4) is 27.9 Å². The first-order valence-electron chi connectivity index (χ1n) is 21.2. The van der Waals surface area contributed by atoms with E-state index in [-0.39, 0.29) is 6.17 Å². The Hall–Kier alpha value is -8.55. The Morgan fingerprint density at radius 3 is 1.97 bits per heavy atom. The fourth-order valence-corrected chi connectivity index (χ4v) is 9.56. The number of nitrogens with one attached hydrogen (secondary N) is 1. The minimum Gasteiger partial charge on any atom is -0.456 e. The van der Waals surface area contributed by atoms with E-state index in [0.29, 0.717) is 5.96 Å². The van der Waals surface area contributed by atoms with Gasteiger partial charge in [-0.2, -0.15) is 4.99 Å². The summed E-state index contributed by atoms with van der Waals surface area (Å²) >= 11 is 0. The highest BCUT2D eigenvalue weighted by atomic mass is 16.3. The van der Waals surface area contributed by atoms with Crippen LogP contribution in [0.1, 0.15) is 17.3 Å². The van der Waals surface area contributed by atoms with Gasteiger partial charge >= 0.3 is 0 Å². The van der Waals surface area contributed by atoms with Gasteiger partial charge in [0.05, 0.1) is 27.6 Å². The van der Waals surface area contributed by atoms with Crippen molar-refractivity contribution in [3.05, 3.63) is 218 Å². The van der Waals surface area contributed by atoms with Crippen molar-refractivity contribution in [3.63, 3.8) is 0 Å². The quantitative estimate of drug-likeness (QED) is 0.188. The third kappa shape index (κ3) is 5.64. The van der Waals surface area contributed by atoms with Crippen molar-refractivity contribution in [1.29, 1.82) is 0 Å². The summed E-state index contributed by atoms with van der Waals surface area (Å²) in [5, 5.41) is 9.15. The van der Waals surface area contributed by atoms with Gasteiger partial charge in [-0.25, -0.2) is 4.99 Å². The largest absolute Gasteiger partial charge is 0.456 e. The van der Waals surface area contributed by atoms with Gasteiger partial charge in [-0.1, -0.05) is 127 Å². The lowest BCUT2D eigenvalue weighted by Gasteiger charge is -2.24. The first kappa shape index (κ1) is 35.2. The van der Waals surface area contributed by atoms with E-state index in [1.807, 2.05) is 36.5 Å². The number of nitrogens with zero attached hydrogens (tertiary/aromatic N) is 5. The molecule has 1 aliphatic rings. The summed E-state index contributed by atoms with van der Waals surface area (Å²) in [6.07, 6.45) is 1.57. The van der Waals surface area contributed by atoms with E-state index >= 15 is 0 Å². The third-order valence-corrected chi connectivity index (χ3v) is 12.4. The van der Waals surface area contributed by atoms with Crippen LogP contribution in [-0.2, 0) is 0 Å². The second-order valence-corrected chi connectivity index (χ2v) is 16.1. The number of fused-ring (bicyclic) bond motifs is 9. The fraction of sp³-hybridized carbons (Fsp3) is 0.0179. The molecule has 63 heavy (non-hydrogen) atoms. The molecule has 1 unspecified atom stereocenters. The molecular weight excluding hydrogens is 773 g/mol. The van der Waals surface area contributed by atoms with Crippen LogP contribution in [0.4, 0.5) is 0 Å². The van der Waals surface area contributed by atoms with Crippen LogP contribution in [0.2, 0.25) is 0 Å². The van der Waals surface area contributed by atoms with Crippen LogP contribution in [0.3, 0.4) is 0 Å². The molecule has 0 saturated heterocycles. The number of benzene rings is 8. The van der Waals surface area contributed by atoms with Crippen LogP contribution < -0.4 is 5.32 Å². The van der Waals surface area contributed by atoms with Crippen LogP contribution in [0.5, 0.6) is 0 Å². The number of para-hydroxylation sites is 2. The van der Waals surface area contributed by atoms with Crippen molar-refractivity contribution < 1.29 is 4.42 Å². The van der Waals surface area contributed by atoms with Crippen LogP contribution in [0, 0.1) is 0 Å². The molecule has 0 spiro atoms. The summed E-state index contributed by atoms with van der Waals surface area (Å²) < 4.78 is 11.1. The molecule has 0 amide bonds. The molecule has 1 N–H and O–H groups in total. The number of pyridine rings is 1. The van der Waals surface area contributed by atoms with E-state index in [9.17, 15) is 0 Å². The standard InChI is InChI=1S/C56H36N6O/c1-4-14-35(15-5-1)54-58-55(36-16-6-2-7-17-36)60-56(59-54)62-46-22-11-10-20-42(46)43-32-37(25-28-47(43)62)38-27-30-50-45(33-38)52-41(21-12-24-51(52)63-50)39-26-29-48-44(34-39)53-49(23-13-31-57-53)61(48)40-18-8-3-9-19-40/h1-34,54H,(H,58,59,60). The van der Waals surface area contributed by atoms with Crippen LogP contribution in [0.25, 0.3) is 93.6 Å². The van der Waals surface area contributed by atoms with Gasteiger partial charge in [0.15, 0.2) is 0 Å². The molecule has 0 radical (unpaired) electrons. The fourth-order valence-electron chi connectivity index (χ4n) is 9.56. The Bertz CT molecular complexity index is 3820. The minimum atomic E-state index is -0.306. The molecule has 0 bridgehead atoms. The summed E-state index contributed by atoms with van der Waals surface area (Å²) in [5.41, 5.74) is 14.6. The molecule has 0 saturated carbocycles. The van der Waals surface area contributed by atoms with E-state index in [2.05, 4.69) is 184 Å². The zero-order valence-corrected chi connectivity index (χ0v) is 33.9. The molecule has 7 heteroatoms. The Kier molecular flexibility index (Phi) is 7.83. The van der Waals surface area contributed by atoms with Crippen molar-refractivity contribution in [1.82, 2.24) is 19.4 Å². The predicted octanol–water partition coefficient (Wildman–Crippen LogP) is 13.5. The van der Waals surface area contributed by atoms with Gasteiger partial charge in [-0.15, -0.1) is 0 Å². The number of furan rings is 1. The molecule has 13 rings (SSSR count). The van der Waals surface area contributed by atoms with Crippen molar-refractivity contribution in [2.75, 3.05) is 0 Å². The molecule has 296 valence electrons. The number of aromatic nitrogens is 3. The Labute approximate surface area is 361 Å². The maximum Gasteiger partial charge on any atom is 0.234 e. The minimum absolute atomic E-state index is 0.306. The zero-order valence-electron chi connectivity index (χ0n) is 33.9. The molecule has 4 aromatic heterocycles. The summed E-state index contributed by atoms with van der Waals surface area (Å²) in [4.78, 5) is 15.3. The Morgan fingerprint density at radius 2 is 1.13 bits per heavy atom. The average Bonchev–Trinajstić information content (AvgIpc) is 4.02. The van der Waals surface area contributed by atoms with Crippen molar-refractivity contribution in [2.45, 2.75) is 6.17 Å². The van der Waals surface area contributed by atoms with Gasteiger partial charge in [-0.3, -0.25) is 9.55 Å². The van der Waals surface area contributed by atoms with Gasteiger partial charge in [0.1, 0.15) is 23.2 Å². The SMILES string of the molecule is c1ccc(C2=NC(n3c4ccccc4c4cc(-c5ccc6oc7cccc(-c8ccc9c(c8)c8ncccc8n9-c8ccccc8)c7c6c5)ccc43)=NC(c3ccccc3)N2)cc1. The van der Waals surface area contributed by atoms with E-state index in [1.54, 1.807) is 0 Å². The van der Waals surface area contributed by atoms with Gasteiger partial charge in [0, 0.05) is 44.4 Å². The maximum absolute atomic E-state index is 6.55. The van der Waals surface area contributed by atoms with Crippen LogP contribution >= 0.6 is 0 Å². The number of hydrogen-bond donors (Lipinski definition) is 1. The highest BCUT2D eigenvalue weighted by Gasteiger charge is 2.24. The van der Waals surface area contributed by atoms with E-state index in [0.717, 1.165) is 111 Å². The van der Waals surface area contributed by atoms with Gasteiger partial charge in [0.2, 0.25) is 5.96 Å². The predicted molar refractivity (Wildman–Crippen MR) is 258 cm³/mol. The summed E-state index contributed by atoms with van der Waals surface area (Å²) in [7, 11) is 0. The van der Waals surface area contributed by atoms with Gasteiger partial charge in [0.25, 0.3) is 0 Å². The monoisotopic (exact) mass is 808 g/mol. The zero-order chi connectivity index (χ0) is 41.4. The summed E-state index contributed by atoms with van der Waals surface area (Å²) in [5.74, 6) is 1.42. The Balaban J connectivity index is 0.951. The molecule has 1 aliphatic heterocycles. The molecule has 7 nitrogen and oxygen atoms in total. The molecule has 8 aromatic carbocycles. The first-order chi connectivity index (χ1) is 31.2. The van der Waals surface area contributed by atoms with Crippen LogP contribution in [-0.4, -0.2) is 25.9 Å². The highest BCUT2D eigenvalue weighted by molar-refractivity contribution is 6.19. The smallest absolute Gasteiger partial charge is 0.234 e. The number of rotatable bonds is 5. The molecule has 0 fully saturated rings. The van der Waals surface area contributed by atoms with E-state index < -0.39 is 0 Å². The van der Waals surface area contributed by atoms with Crippen molar-refractivity contribution >= 4 is 77.5 Å². The number of aliphatic imine (C=N–C) groups is 2. The molecule has 5 heterocycles. The second kappa shape index (κ2) is 14.0. The lowest BCUT2D eigenvalue weighted by Crippen LogP contribution is -2.35. The van der Waals surface area contributed by atoms with E-state index in [1.165, 1.54) is 0 Å². The molecule has 12 aromatic rings. The van der Waals surface area contributed by atoms with Gasteiger partial charge in [-0.05, 0) is 101 Å². The molecule has 0 aliphatic carbocycles. The van der Waals surface area contributed by atoms with Gasteiger partial charge < -0.3 is 14.3 Å². The summed E-state index contributed by atoms with van der Waals surface area (Å²) in [6.45, 7) is 0. The summed E-state index contributed by atoms with van der Waals surface area (Å²) in [6, 6.07) is 70.2. The third-order valence-electron chi connectivity index (χ3n) is 12.4. The second-order valence-electron chi connectivity index (χ2n) is 16.1. The normalized spacial score (nSPS) is 14.2. The molecule has 1 atom stereocenters. The topological polar surface area (TPSA) is 72.6 Å². The highest BCUT2D eigenvalue weighted by Crippen LogP contribution is 2.42. The van der Waals surface area contributed by atoms with Crippen molar-refractivity contribution in [2.24, 2.45) is 9.98 Å².